The summed E-state index contributed by atoms with van der Waals surface area (Å²) in [4.78, 5) is 11.3. The number of carbonyl (C=O) groups is 1. The molecule has 2 atom stereocenters. The Bertz CT molecular complexity index is 671. The van der Waals surface area contributed by atoms with Gasteiger partial charge in [-0.15, -0.1) is 0 Å². The van der Waals surface area contributed by atoms with Crippen LogP contribution >= 0.6 is 31.9 Å². The molecule has 35 heavy (non-hydrogen) atoms. The summed E-state index contributed by atoms with van der Waals surface area (Å²) in [6.07, 6.45) is 9.36. The van der Waals surface area contributed by atoms with Crippen molar-refractivity contribution in [3.8, 4) is 0 Å². The van der Waals surface area contributed by atoms with Gasteiger partial charge >= 0.3 is 12.1 Å². The fraction of sp³-hybridized carbons (Fsp3) is 0.741. The number of hydrogen-bond acceptors (Lipinski definition) is 3. The smallest absolute Gasteiger partial charge is 0.389 e. The van der Waals surface area contributed by atoms with Gasteiger partial charge in [-0.05, 0) is 37.5 Å². The van der Waals surface area contributed by atoms with Crippen LogP contribution < -0.4 is 5.32 Å². The van der Waals surface area contributed by atoms with E-state index in [-0.39, 0.29) is 17.2 Å². The van der Waals surface area contributed by atoms with Crippen LogP contribution in [0, 0.1) is 0 Å². The van der Waals surface area contributed by atoms with Gasteiger partial charge in [0.2, 0.25) is 0 Å². The van der Waals surface area contributed by atoms with Crippen molar-refractivity contribution in [2.24, 2.45) is 0 Å². The summed E-state index contributed by atoms with van der Waals surface area (Å²) in [6.45, 7) is 3.11. The highest BCUT2D eigenvalue weighted by Gasteiger charge is 2.26. The normalized spacial score (nSPS) is 13.4. The number of anilines is 1. The van der Waals surface area contributed by atoms with Gasteiger partial charge < -0.3 is 10.1 Å². The summed E-state index contributed by atoms with van der Waals surface area (Å²) in [7, 11) is 0. The highest BCUT2D eigenvalue weighted by molar-refractivity contribution is 9.12. The third-order valence-corrected chi connectivity index (χ3v) is 8.63. The van der Waals surface area contributed by atoms with Crippen molar-refractivity contribution in [1.82, 2.24) is 0 Å². The third-order valence-electron chi connectivity index (χ3n) is 5.96. The molecule has 202 valence electrons. The minimum Gasteiger partial charge on any atom is -0.465 e. The largest absolute Gasteiger partial charge is 0.465 e. The SMILES string of the molecule is CCOC(=O)C(Br)C(Br)c1ccc(NCCCCCCCCCCCCCCCC(F)(F)F)cc1. The zero-order valence-corrected chi connectivity index (χ0v) is 24.2. The second kappa shape index (κ2) is 19.4. The molecule has 1 N–H and O–H groups in total. The van der Waals surface area contributed by atoms with E-state index in [0.717, 1.165) is 43.5 Å². The molecule has 0 fully saturated rings. The molecule has 0 saturated carbocycles. The Morgan fingerprint density at radius 1 is 0.829 bits per heavy atom. The van der Waals surface area contributed by atoms with Crippen LogP contribution in [0.3, 0.4) is 0 Å². The van der Waals surface area contributed by atoms with Gasteiger partial charge in [0.05, 0.1) is 11.4 Å². The summed E-state index contributed by atoms with van der Waals surface area (Å²) < 4.78 is 41.3. The van der Waals surface area contributed by atoms with Crippen molar-refractivity contribution in [3.05, 3.63) is 29.8 Å². The molecule has 8 heteroatoms. The van der Waals surface area contributed by atoms with E-state index in [4.69, 9.17) is 4.74 Å². The number of halogens is 5. The molecular weight excluding hydrogens is 587 g/mol. The Morgan fingerprint density at radius 3 is 1.74 bits per heavy atom. The second-order valence-corrected chi connectivity index (χ2v) is 11.0. The number of esters is 1. The summed E-state index contributed by atoms with van der Waals surface area (Å²) >= 11 is 6.98. The van der Waals surface area contributed by atoms with Crippen LogP contribution in [0.2, 0.25) is 0 Å². The number of hydrogen-bond donors (Lipinski definition) is 1. The number of alkyl halides is 5. The Labute approximate surface area is 226 Å². The maximum Gasteiger partial charge on any atom is 0.389 e. The summed E-state index contributed by atoms with van der Waals surface area (Å²) in [5.74, 6) is -0.270. The van der Waals surface area contributed by atoms with Crippen molar-refractivity contribution in [2.75, 3.05) is 18.5 Å². The molecule has 0 aliphatic heterocycles. The van der Waals surface area contributed by atoms with Crippen LogP contribution in [0.1, 0.15) is 107 Å². The van der Waals surface area contributed by atoms with Crippen molar-refractivity contribution in [3.63, 3.8) is 0 Å². The van der Waals surface area contributed by atoms with E-state index in [1.54, 1.807) is 6.92 Å². The lowest BCUT2D eigenvalue weighted by atomic mass is 10.0. The maximum absolute atomic E-state index is 12.1. The molecule has 0 aromatic heterocycles. The zero-order valence-electron chi connectivity index (χ0n) is 21.0. The van der Waals surface area contributed by atoms with E-state index in [2.05, 4.69) is 37.2 Å². The van der Waals surface area contributed by atoms with E-state index in [9.17, 15) is 18.0 Å². The van der Waals surface area contributed by atoms with Crippen molar-refractivity contribution >= 4 is 43.5 Å². The van der Waals surface area contributed by atoms with E-state index in [0.29, 0.717) is 13.0 Å². The summed E-state index contributed by atoms with van der Waals surface area (Å²) in [5, 5.41) is 3.46. The van der Waals surface area contributed by atoms with Crippen LogP contribution in [-0.2, 0) is 9.53 Å². The Balaban J connectivity index is 1.97. The molecule has 1 rings (SSSR count). The maximum atomic E-state index is 12.1. The first-order valence-corrected chi connectivity index (χ1v) is 14.9. The molecule has 0 heterocycles. The molecule has 2 unspecified atom stereocenters. The number of ether oxygens (including phenoxy) is 1. The van der Waals surface area contributed by atoms with Gasteiger partial charge in [0.25, 0.3) is 0 Å². The van der Waals surface area contributed by atoms with Gasteiger partial charge in [-0.1, -0.05) is 115 Å². The van der Waals surface area contributed by atoms with Crippen LogP contribution in [0.15, 0.2) is 24.3 Å². The third kappa shape index (κ3) is 16.6. The molecule has 0 radical (unpaired) electrons. The fourth-order valence-corrected chi connectivity index (χ4v) is 4.88. The first kappa shape index (κ1) is 32.3. The van der Waals surface area contributed by atoms with E-state index >= 15 is 0 Å². The van der Waals surface area contributed by atoms with Crippen molar-refractivity contribution < 1.29 is 22.7 Å². The lowest BCUT2D eigenvalue weighted by Crippen LogP contribution is -2.21. The monoisotopic (exact) mass is 627 g/mol. The Kier molecular flexibility index (Phi) is 17.9. The summed E-state index contributed by atoms with van der Waals surface area (Å²) in [5.41, 5.74) is 2.10. The van der Waals surface area contributed by atoms with Crippen molar-refractivity contribution in [2.45, 2.75) is 113 Å². The zero-order chi connectivity index (χ0) is 25.9. The molecule has 0 amide bonds. The van der Waals surface area contributed by atoms with Gasteiger partial charge in [-0.25, -0.2) is 0 Å². The number of nitrogens with one attached hydrogen (secondary N) is 1. The van der Waals surface area contributed by atoms with Crippen LogP contribution in [0.4, 0.5) is 18.9 Å². The number of carbonyl (C=O) groups excluding carboxylic acids is 1. The van der Waals surface area contributed by atoms with E-state index in [1.165, 1.54) is 44.9 Å². The van der Waals surface area contributed by atoms with Gasteiger partial charge in [-0.2, -0.15) is 13.2 Å². The van der Waals surface area contributed by atoms with E-state index < -0.39 is 17.4 Å². The van der Waals surface area contributed by atoms with Gasteiger partial charge in [0, 0.05) is 18.7 Å². The van der Waals surface area contributed by atoms with Gasteiger partial charge in [0.15, 0.2) is 0 Å². The lowest BCUT2D eigenvalue weighted by molar-refractivity contribution is -0.142. The standard InChI is InChI=1S/C27H42Br2F3NO2/c1-2-35-26(34)25(29)24(28)22-16-18-23(19-17-22)33-21-15-13-11-9-7-5-3-4-6-8-10-12-14-20-27(30,31)32/h16-19,24-25,33H,2-15,20-21H2,1H3. The number of unbranched alkanes of at least 4 members (excludes halogenated alkanes) is 12. The lowest BCUT2D eigenvalue weighted by Gasteiger charge is -2.16. The predicted molar refractivity (Wildman–Crippen MR) is 147 cm³/mol. The molecule has 3 nitrogen and oxygen atoms in total. The molecule has 0 bridgehead atoms. The number of rotatable bonds is 20. The minimum atomic E-state index is -3.99. The topological polar surface area (TPSA) is 38.3 Å². The average molecular weight is 629 g/mol. The van der Waals surface area contributed by atoms with Crippen molar-refractivity contribution in [1.29, 1.82) is 0 Å². The highest BCUT2D eigenvalue weighted by atomic mass is 79.9. The first-order valence-electron chi connectivity index (χ1n) is 13.1. The predicted octanol–water partition coefficient (Wildman–Crippen LogP) is 9.88. The molecular formula is C27H42Br2F3NO2. The summed E-state index contributed by atoms with van der Waals surface area (Å²) in [6, 6.07) is 8.11. The first-order chi connectivity index (χ1) is 16.7. The molecule has 0 saturated heterocycles. The molecule has 1 aromatic carbocycles. The van der Waals surface area contributed by atoms with Crippen LogP contribution in [0.25, 0.3) is 0 Å². The second-order valence-electron chi connectivity index (χ2n) is 9.07. The molecule has 0 aliphatic carbocycles. The highest BCUT2D eigenvalue weighted by Crippen LogP contribution is 2.32. The van der Waals surface area contributed by atoms with Gasteiger partial charge in [-0.3, -0.25) is 4.79 Å². The van der Waals surface area contributed by atoms with E-state index in [1.807, 2.05) is 24.3 Å². The fourth-order valence-electron chi connectivity index (χ4n) is 3.92. The number of benzene rings is 1. The van der Waals surface area contributed by atoms with Crippen LogP contribution in [0.5, 0.6) is 0 Å². The average Bonchev–Trinajstić information content (AvgIpc) is 2.82. The minimum absolute atomic E-state index is 0.146. The van der Waals surface area contributed by atoms with Gasteiger partial charge in [0.1, 0.15) is 4.83 Å². The Hall–Kier alpha value is -0.760. The Morgan fingerprint density at radius 2 is 1.29 bits per heavy atom. The van der Waals surface area contributed by atoms with Crippen LogP contribution in [-0.4, -0.2) is 30.1 Å². The molecule has 0 spiro atoms. The molecule has 1 aromatic rings. The molecule has 0 aliphatic rings. The quantitative estimate of drug-likeness (QED) is 0.0887.